The number of benzene rings is 2. The lowest BCUT2D eigenvalue weighted by atomic mass is 10.0. The van der Waals surface area contributed by atoms with Gasteiger partial charge in [-0.15, -0.1) is 0 Å². The van der Waals surface area contributed by atoms with Crippen LogP contribution < -0.4 is 16.8 Å². The lowest BCUT2D eigenvalue weighted by Gasteiger charge is -2.15. The standard InChI is InChI=1S/C23H23N7O2/c1-13(15-7-6-14-4-2-3-5-16(14)10-15)27-23-29-20(28-22(25)30-23)17-8-9-18(26-12-17)11-19(24)21(31)32/h2-10,12-13,19H,11,24H2,1H3,(H,31,32)(H3,25,27,28,29,30)/t13-,19?/m1/s1. The molecule has 1 unspecified atom stereocenters. The number of aliphatic carboxylic acids is 1. The van der Waals surface area contributed by atoms with E-state index in [4.69, 9.17) is 16.6 Å². The van der Waals surface area contributed by atoms with Crippen molar-refractivity contribution in [3.8, 4) is 11.4 Å². The van der Waals surface area contributed by atoms with Crippen molar-refractivity contribution in [3.05, 3.63) is 72.1 Å². The van der Waals surface area contributed by atoms with Crippen LogP contribution in [0.4, 0.5) is 11.9 Å². The molecule has 0 radical (unpaired) electrons. The second-order valence-corrected chi connectivity index (χ2v) is 7.50. The average Bonchev–Trinajstić information content (AvgIpc) is 2.78. The highest BCUT2D eigenvalue weighted by Crippen LogP contribution is 2.24. The van der Waals surface area contributed by atoms with Crippen molar-refractivity contribution in [1.82, 2.24) is 19.9 Å². The van der Waals surface area contributed by atoms with Crippen LogP contribution >= 0.6 is 0 Å². The molecule has 0 aliphatic rings. The molecule has 4 rings (SSSR count). The Kier molecular flexibility index (Phi) is 5.91. The van der Waals surface area contributed by atoms with E-state index < -0.39 is 12.0 Å². The van der Waals surface area contributed by atoms with Gasteiger partial charge in [0.05, 0.1) is 6.04 Å². The first kappa shape index (κ1) is 21.1. The second-order valence-electron chi connectivity index (χ2n) is 7.50. The predicted molar refractivity (Wildman–Crippen MR) is 123 cm³/mol. The third-order valence-corrected chi connectivity index (χ3v) is 5.10. The maximum absolute atomic E-state index is 10.9. The molecule has 9 heteroatoms. The Balaban J connectivity index is 1.53. The fourth-order valence-electron chi connectivity index (χ4n) is 3.33. The van der Waals surface area contributed by atoms with Gasteiger partial charge >= 0.3 is 5.97 Å². The molecule has 6 N–H and O–H groups in total. The normalized spacial score (nSPS) is 12.9. The van der Waals surface area contributed by atoms with E-state index in [1.807, 2.05) is 19.1 Å². The number of fused-ring (bicyclic) bond motifs is 1. The number of rotatable bonds is 7. The quantitative estimate of drug-likeness (QED) is 0.347. The fourth-order valence-corrected chi connectivity index (χ4v) is 3.33. The molecule has 2 atom stereocenters. The zero-order valence-electron chi connectivity index (χ0n) is 17.4. The van der Waals surface area contributed by atoms with Crippen molar-refractivity contribution in [2.75, 3.05) is 11.1 Å². The van der Waals surface area contributed by atoms with Gasteiger partial charge in [-0.05, 0) is 41.5 Å². The van der Waals surface area contributed by atoms with Crippen molar-refractivity contribution in [2.45, 2.75) is 25.4 Å². The van der Waals surface area contributed by atoms with E-state index in [0.29, 0.717) is 23.0 Å². The molecule has 0 aliphatic carbocycles. The van der Waals surface area contributed by atoms with Crippen LogP contribution in [0.15, 0.2) is 60.8 Å². The van der Waals surface area contributed by atoms with E-state index in [2.05, 4.69) is 55.6 Å². The Morgan fingerprint density at radius 2 is 1.84 bits per heavy atom. The Labute approximate surface area is 184 Å². The molecule has 4 aromatic rings. The molecule has 0 saturated heterocycles. The zero-order chi connectivity index (χ0) is 22.7. The third-order valence-electron chi connectivity index (χ3n) is 5.10. The minimum atomic E-state index is -1.07. The monoisotopic (exact) mass is 429 g/mol. The van der Waals surface area contributed by atoms with Gasteiger partial charge in [0.2, 0.25) is 11.9 Å². The molecule has 32 heavy (non-hydrogen) atoms. The van der Waals surface area contributed by atoms with Crippen LogP contribution in [0.2, 0.25) is 0 Å². The maximum atomic E-state index is 10.9. The number of carboxylic acid groups (broad SMARTS) is 1. The minimum absolute atomic E-state index is 0.0627. The lowest BCUT2D eigenvalue weighted by molar-refractivity contribution is -0.138. The SMILES string of the molecule is C[C@@H](Nc1nc(N)nc(-c2ccc(CC(N)C(=O)O)nc2)n1)c1ccc2ccccc2c1. The summed E-state index contributed by atoms with van der Waals surface area (Å²) in [5.74, 6) is -0.269. The number of nitrogens with zero attached hydrogens (tertiary/aromatic N) is 4. The molecule has 2 aromatic heterocycles. The van der Waals surface area contributed by atoms with Gasteiger partial charge in [-0.25, -0.2) is 0 Å². The van der Waals surface area contributed by atoms with Gasteiger partial charge in [-0.1, -0.05) is 36.4 Å². The summed E-state index contributed by atoms with van der Waals surface area (Å²) >= 11 is 0. The first-order valence-electron chi connectivity index (χ1n) is 10.1. The summed E-state index contributed by atoms with van der Waals surface area (Å²) < 4.78 is 0. The van der Waals surface area contributed by atoms with Gasteiger partial charge in [-0.2, -0.15) is 15.0 Å². The Hall–Kier alpha value is -4.11. The number of aromatic nitrogens is 4. The Bertz CT molecular complexity index is 1260. The Morgan fingerprint density at radius 1 is 1.06 bits per heavy atom. The van der Waals surface area contributed by atoms with Crippen molar-refractivity contribution in [1.29, 1.82) is 0 Å². The van der Waals surface area contributed by atoms with Gasteiger partial charge in [0.25, 0.3) is 0 Å². The van der Waals surface area contributed by atoms with Crippen molar-refractivity contribution >= 4 is 28.6 Å². The molecule has 0 saturated carbocycles. The number of nitrogens with one attached hydrogen (secondary N) is 1. The molecule has 162 valence electrons. The largest absolute Gasteiger partial charge is 0.480 e. The first-order chi connectivity index (χ1) is 15.4. The van der Waals surface area contributed by atoms with Gasteiger partial charge in [0.1, 0.15) is 6.04 Å². The number of hydrogen-bond acceptors (Lipinski definition) is 8. The van der Waals surface area contributed by atoms with Crippen LogP contribution in [-0.4, -0.2) is 37.1 Å². The van der Waals surface area contributed by atoms with Gasteiger partial charge in [-0.3, -0.25) is 9.78 Å². The molecule has 2 aromatic carbocycles. The number of anilines is 2. The molecular weight excluding hydrogens is 406 g/mol. The molecule has 9 nitrogen and oxygen atoms in total. The first-order valence-corrected chi connectivity index (χ1v) is 10.1. The van der Waals surface area contributed by atoms with E-state index in [0.717, 1.165) is 10.9 Å². The van der Waals surface area contributed by atoms with Crippen LogP contribution in [0.5, 0.6) is 0 Å². The molecule has 0 amide bonds. The van der Waals surface area contributed by atoms with Crippen LogP contribution in [0, 0.1) is 0 Å². The second kappa shape index (κ2) is 8.94. The maximum Gasteiger partial charge on any atom is 0.320 e. The number of nitrogens with two attached hydrogens (primary N) is 2. The molecular formula is C23H23N7O2. The highest BCUT2D eigenvalue weighted by molar-refractivity contribution is 5.83. The van der Waals surface area contributed by atoms with Gasteiger partial charge in [0.15, 0.2) is 5.82 Å². The average molecular weight is 429 g/mol. The summed E-state index contributed by atoms with van der Waals surface area (Å²) in [7, 11) is 0. The summed E-state index contributed by atoms with van der Waals surface area (Å²) in [4.78, 5) is 28.1. The fraction of sp³-hybridized carbons (Fsp3) is 0.174. The zero-order valence-corrected chi connectivity index (χ0v) is 17.4. The van der Waals surface area contributed by atoms with Gasteiger partial charge in [0, 0.05) is 23.9 Å². The number of carboxylic acids is 1. The summed E-state index contributed by atoms with van der Waals surface area (Å²) in [6.07, 6.45) is 1.69. The Morgan fingerprint density at radius 3 is 2.56 bits per heavy atom. The summed E-state index contributed by atoms with van der Waals surface area (Å²) in [5, 5.41) is 14.6. The summed E-state index contributed by atoms with van der Waals surface area (Å²) in [6, 6.07) is 16.8. The number of carbonyl (C=O) groups is 1. The number of hydrogen-bond donors (Lipinski definition) is 4. The van der Waals surface area contributed by atoms with Crippen LogP contribution in [0.25, 0.3) is 22.2 Å². The van der Waals surface area contributed by atoms with E-state index in [-0.39, 0.29) is 18.4 Å². The lowest BCUT2D eigenvalue weighted by Crippen LogP contribution is -2.32. The van der Waals surface area contributed by atoms with E-state index in [9.17, 15) is 4.79 Å². The van der Waals surface area contributed by atoms with Gasteiger partial charge < -0.3 is 21.9 Å². The molecule has 0 bridgehead atoms. The highest BCUT2D eigenvalue weighted by Gasteiger charge is 2.14. The number of nitrogen functional groups attached to an aromatic ring is 1. The topological polar surface area (TPSA) is 153 Å². The van der Waals surface area contributed by atoms with E-state index in [1.165, 1.54) is 5.39 Å². The van der Waals surface area contributed by atoms with Crippen molar-refractivity contribution < 1.29 is 9.90 Å². The summed E-state index contributed by atoms with van der Waals surface area (Å²) in [6.45, 7) is 2.02. The third kappa shape index (κ3) is 4.79. The molecule has 0 aliphatic heterocycles. The summed E-state index contributed by atoms with van der Waals surface area (Å²) in [5.41, 5.74) is 13.8. The molecule has 2 heterocycles. The minimum Gasteiger partial charge on any atom is -0.480 e. The predicted octanol–water partition coefficient (Wildman–Crippen LogP) is 2.80. The smallest absolute Gasteiger partial charge is 0.320 e. The molecule has 0 spiro atoms. The highest BCUT2D eigenvalue weighted by atomic mass is 16.4. The molecule has 0 fully saturated rings. The van der Waals surface area contributed by atoms with Crippen LogP contribution in [-0.2, 0) is 11.2 Å². The number of pyridine rings is 1. The van der Waals surface area contributed by atoms with E-state index in [1.54, 1.807) is 18.3 Å². The van der Waals surface area contributed by atoms with Crippen LogP contribution in [0.3, 0.4) is 0 Å². The van der Waals surface area contributed by atoms with Crippen molar-refractivity contribution in [2.24, 2.45) is 5.73 Å². The van der Waals surface area contributed by atoms with Crippen molar-refractivity contribution in [3.63, 3.8) is 0 Å². The van der Waals surface area contributed by atoms with E-state index >= 15 is 0 Å². The van der Waals surface area contributed by atoms with Crippen LogP contribution in [0.1, 0.15) is 24.2 Å².